The minimum absolute atomic E-state index is 0.0225. The number of ether oxygens (including phenoxy) is 1. The van der Waals surface area contributed by atoms with Gasteiger partial charge in [0.2, 0.25) is 0 Å². The Labute approximate surface area is 181 Å². The van der Waals surface area contributed by atoms with Crippen LogP contribution in [-0.2, 0) is 9.16 Å². The molecule has 2 fully saturated rings. The molecule has 3 aliphatic rings. The molecule has 0 spiro atoms. The minimum atomic E-state index is -1.83. The lowest BCUT2D eigenvalue weighted by atomic mass is 10.2. The summed E-state index contributed by atoms with van der Waals surface area (Å²) in [4.78, 5) is 23.2. The Hall–Kier alpha value is -1.53. The molecule has 1 unspecified atom stereocenters. The zero-order valence-electron chi connectivity index (χ0n) is 18.3. The SMILES string of the molecule is CC(C)(C)[Si](C)(C)OC1CN([SH]2C(N3CCOCC3)=Nc3ncc([N+](=O)[O-])cc32)C1. The third kappa shape index (κ3) is 4.01. The number of hydrogen-bond acceptors (Lipinski definition) is 8. The topological polar surface area (TPSA) is 93.3 Å². The van der Waals surface area contributed by atoms with Crippen molar-refractivity contribution in [1.82, 2.24) is 14.2 Å². The van der Waals surface area contributed by atoms with Gasteiger partial charge in [0.1, 0.15) is 6.20 Å². The first-order chi connectivity index (χ1) is 14.1. The zero-order valence-corrected chi connectivity index (χ0v) is 20.2. The summed E-state index contributed by atoms with van der Waals surface area (Å²) < 4.78 is 14.4. The molecule has 1 aromatic heterocycles. The van der Waals surface area contributed by atoms with Crippen LogP contribution in [0.3, 0.4) is 0 Å². The highest BCUT2D eigenvalue weighted by Gasteiger charge is 2.45. The number of aliphatic imine (C=N–C) groups is 1. The lowest BCUT2D eigenvalue weighted by Gasteiger charge is -2.50. The summed E-state index contributed by atoms with van der Waals surface area (Å²) in [5.41, 5.74) is 0.0225. The maximum absolute atomic E-state index is 11.3. The van der Waals surface area contributed by atoms with E-state index in [1.54, 1.807) is 6.07 Å². The Morgan fingerprint density at radius 2 is 1.97 bits per heavy atom. The summed E-state index contributed by atoms with van der Waals surface area (Å²) in [6.07, 6.45) is 1.51. The first-order valence-electron chi connectivity index (χ1n) is 10.4. The number of nitrogens with zero attached hydrogens (tertiary/aromatic N) is 5. The number of pyridine rings is 1. The van der Waals surface area contributed by atoms with Crippen molar-refractivity contribution in [3.63, 3.8) is 0 Å². The summed E-state index contributed by atoms with van der Waals surface area (Å²) in [7, 11) is -1.83. The quantitative estimate of drug-likeness (QED) is 0.323. The van der Waals surface area contributed by atoms with E-state index in [0.29, 0.717) is 19.0 Å². The van der Waals surface area contributed by atoms with Gasteiger partial charge in [0.05, 0.1) is 29.1 Å². The van der Waals surface area contributed by atoms with E-state index < -0.39 is 19.4 Å². The first kappa shape index (κ1) is 21.7. The van der Waals surface area contributed by atoms with E-state index >= 15 is 0 Å². The maximum atomic E-state index is 11.3. The van der Waals surface area contributed by atoms with Gasteiger partial charge in [-0.25, -0.2) is 9.98 Å². The summed E-state index contributed by atoms with van der Waals surface area (Å²) in [6, 6.07) is 1.66. The van der Waals surface area contributed by atoms with Crippen LogP contribution in [-0.4, -0.2) is 78.1 Å². The highest BCUT2D eigenvalue weighted by molar-refractivity contribution is 8.28. The minimum Gasteiger partial charge on any atom is -0.411 e. The van der Waals surface area contributed by atoms with Crippen molar-refractivity contribution in [1.29, 1.82) is 0 Å². The predicted molar refractivity (Wildman–Crippen MR) is 121 cm³/mol. The third-order valence-electron chi connectivity index (χ3n) is 6.34. The van der Waals surface area contributed by atoms with E-state index in [0.717, 1.165) is 36.2 Å². The number of nitro groups is 1. The molecule has 4 heterocycles. The molecule has 9 nitrogen and oxygen atoms in total. The lowest BCUT2D eigenvalue weighted by Crippen LogP contribution is -2.57. The molecule has 0 N–H and O–H groups in total. The van der Waals surface area contributed by atoms with Crippen LogP contribution in [0.25, 0.3) is 0 Å². The molecule has 30 heavy (non-hydrogen) atoms. The van der Waals surface area contributed by atoms with Gasteiger partial charge < -0.3 is 14.1 Å². The van der Waals surface area contributed by atoms with E-state index in [4.69, 9.17) is 14.2 Å². The van der Waals surface area contributed by atoms with E-state index in [2.05, 4.69) is 48.1 Å². The smallest absolute Gasteiger partial charge is 0.288 e. The molecule has 1 atom stereocenters. The van der Waals surface area contributed by atoms with Gasteiger partial charge in [-0.2, -0.15) is 0 Å². The molecule has 3 aliphatic heterocycles. The normalized spacial score (nSPS) is 24.4. The van der Waals surface area contributed by atoms with E-state index in [1.165, 1.54) is 6.20 Å². The van der Waals surface area contributed by atoms with Gasteiger partial charge in [-0.05, 0) is 18.1 Å². The second-order valence-electron chi connectivity index (χ2n) is 9.49. The van der Waals surface area contributed by atoms with Crippen molar-refractivity contribution < 1.29 is 14.1 Å². The number of fused-ring (bicyclic) bond motifs is 1. The van der Waals surface area contributed by atoms with Crippen molar-refractivity contribution in [3.8, 4) is 0 Å². The van der Waals surface area contributed by atoms with Crippen LogP contribution in [0.1, 0.15) is 20.8 Å². The van der Waals surface area contributed by atoms with Crippen LogP contribution < -0.4 is 0 Å². The van der Waals surface area contributed by atoms with Gasteiger partial charge in [-0.1, -0.05) is 20.8 Å². The van der Waals surface area contributed by atoms with Gasteiger partial charge in [0.15, 0.2) is 19.3 Å². The number of rotatable bonds is 4. The average Bonchev–Trinajstić information content (AvgIpc) is 3.02. The van der Waals surface area contributed by atoms with Crippen molar-refractivity contribution in [2.45, 2.75) is 49.9 Å². The summed E-state index contributed by atoms with van der Waals surface area (Å²) in [5, 5.41) is 12.5. The monoisotopic (exact) mass is 453 g/mol. The fourth-order valence-corrected chi connectivity index (χ4v) is 7.53. The molecule has 166 valence electrons. The van der Waals surface area contributed by atoms with Gasteiger partial charge in [-0.3, -0.25) is 14.4 Å². The Balaban J connectivity index is 1.55. The van der Waals surface area contributed by atoms with Crippen molar-refractivity contribution >= 4 is 36.1 Å². The summed E-state index contributed by atoms with van der Waals surface area (Å²) in [5.74, 6) is 0.613. The third-order valence-corrected chi connectivity index (χ3v) is 13.3. The Kier molecular flexibility index (Phi) is 5.68. The van der Waals surface area contributed by atoms with Crippen molar-refractivity contribution in [3.05, 3.63) is 22.4 Å². The maximum Gasteiger partial charge on any atom is 0.288 e. The molecule has 0 bridgehead atoms. The Morgan fingerprint density at radius 1 is 1.30 bits per heavy atom. The van der Waals surface area contributed by atoms with Crippen LogP contribution in [0.2, 0.25) is 18.1 Å². The fraction of sp³-hybridized carbons (Fsp3) is 0.684. The molecule has 1 aromatic rings. The standard InChI is InChI=1S/C19H31N5O4SSi/c1-19(2,3)30(4,5)28-15-12-23(13-15)29-16-10-14(24(25)26)11-20-17(16)21-18(29)22-6-8-27-9-7-22/h10-11,15,29H,6-9,12-13H2,1-5H3. The van der Waals surface area contributed by atoms with E-state index in [9.17, 15) is 10.1 Å². The molecule has 2 saturated heterocycles. The van der Waals surface area contributed by atoms with Crippen LogP contribution in [0.4, 0.5) is 11.5 Å². The van der Waals surface area contributed by atoms with Crippen LogP contribution in [0, 0.1) is 10.1 Å². The molecule has 0 aliphatic carbocycles. The highest BCUT2D eigenvalue weighted by atomic mass is 32.2. The van der Waals surface area contributed by atoms with Crippen LogP contribution in [0.5, 0.6) is 0 Å². The number of hydrogen-bond donors (Lipinski definition) is 1. The van der Waals surface area contributed by atoms with Gasteiger partial charge in [0.25, 0.3) is 5.69 Å². The van der Waals surface area contributed by atoms with E-state index in [1.807, 2.05) is 0 Å². The fourth-order valence-electron chi connectivity index (χ4n) is 3.52. The van der Waals surface area contributed by atoms with Gasteiger partial charge >= 0.3 is 0 Å². The summed E-state index contributed by atoms with van der Waals surface area (Å²) in [6.45, 7) is 15.9. The average molecular weight is 454 g/mol. The molecule has 0 amide bonds. The second kappa shape index (κ2) is 7.86. The molecular formula is C19H31N5O4SSi. The molecule has 0 radical (unpaired) electrons. The largest absolute Gasteiger partial charge is 0.411 e. The predicted octanol–water partition coefficient (Wildman–Crippen LogP) is 3.30. The molecular weight excluding hydrogens is 422 g/mol. The molecule has 0 aromatic carbocycles. The number of morpholine rings is 1. The molecule has 11 heteroatoms. The molecule has 0 saturated carbocycles. The zero-order chi connectivity index (χ0) is 21.7. The van der Waals surface area contributed by atoms with Crippen molar-refractivity contribution in [2.24, 2.45) is 4.99 Å². The van der Waals surface area contributed by atoms with Crippen molar-refractivity contribution in [2.75, 3.05) is 39.4 Å². The Morgan fingerprint density at radius 3 is 2.57 bits per heavy atom. The van der Waals surface area contributed by atoms with E-state index in [-0.39, 0.29) is 21.8 Å². The number of aromatic nitrogens is 1. The van der Waals surface area contributed by atoms with Crippen LogP contribution >= 0.6 is 11.1 Å². The van der Waals surface area contributed by atoms with Gasteiger partial charge in [-0.15, -0.1) is 11.1 Å². The Bertz CT molecular complexity index is 863. The summed E-state index contributed by atoms with van der Waals surface area (Å²) >= 11 is -0.937. The highest BCUT2D eigenvalue weighted by Crippen LogP contribution is 2.55. The molecule has 4 rings (SSSR count). The second-order valence-corrected chi connectivity index (χ2v) is 16.3. The number of thiol groups is 1. The van der Waals surface area contributed by atoms with Gasteiger partial charge in [0, 0.05) is 32.2 Å². The first-order valence-corrected chi connectivity index (χ1v) is 14.6. The van der Waals surface area contributed by atoms with Crippen LogP contribution in [0.15, 0.2) is 22.2 Å². The lowest BCUT2D eigenvalue weighted by molar-refractivity contribution is -0.385. The number of amidine groups is 1.